The normalized spacial score (nSPS) is 10.6. The van der Waals surface area contributed by atoms with Gasteiger partial charge in [-0.05, 0) is 30.3 Å². The Bertz CT molecular complexity index is 753. The number of anilines is 1. The third kappa shape index (κ3) is 2.28. The predicted octanol–water partition coefficient (Wildman–Crippen LogP) is 2.35. The van der Waals surface area contributed by atoms with Crippen LogP contribution >= 0.6 is 0 Å². The van der Waals surface area contributed by atoms with Gasteiger partial charge in [-0.15, -0.1) is 0 Å². The average molecular weight is 256 g/mol. The molecule has 0 aliphatic rings. The maximum absolute atomic E-state index is 12.9. The zero-order valence-electron chi connectivity index (χ0n) is 9.72. The molecule has 0 atom stereocenters. The van der Waals surface area contributed by atoms with Crippen molar-refractivity contribution in [3.63, 3.8) is 0 Å². The van der Waals surface area contributed by atoms with E-state index >= 15 is 0 Å². The third-order valence-corrected chi connectivity index (χ3v) is 2.65. The van der Waals surface area contributed by atoms with E-state index in [1.54, 1.807) is 24.4 Å². The topological polar surface area (TPSA) is 70.7 Å². The minimum Gasteiger partial charge on any atom is -0.321 e. The second-order valence-corrected chi connectivity index (χ2v) is 3.97. The fourth-order valence-corrected chi connectivity index (χ4v) is 1.75. The first kappa shape index (κ1) is 11.3. The summed E-state index contributed by atoms with van der Waals surface area (Å²) in [6.45, 7) is 0. The van der Waals surface area contributed by atoms with E-state index in [1.165, 1.54) is 18.2 Å². The van der Waals surface area contributed by atoms with Gasteiger partial charge in [0.05, 0.1) is 11.7 Å². The summed E-state index contributed by atoms with van der Waals surface area (Å²) in [4.78, 5) is 15.4. The van der Waals surface area contributed by atoms with Gasteiger partial charge in [-0.25, -0.2) is 4.98 Å². The fourth-order valence-electron chi connectivity index (χ4n) is 1.75. The largest absolute Gasteiger partial charge is 0.321 e. The van der Waals surface area contributed by atoms with Crippen LogP contribution in [-0.4, -0.2) is 21.1 Å². The van der Waals surface area contributed by atoms with E-state index in [1.807, 2.05) is 0 Å². The van der Waals surface area contributed by atoms with Gasteiger partial charge in [0.25, 0.3) is 5.91 Å². The predicted molar refractivity (Wildman–Crippen MR) is 68.2 cm³/mol. The summed E-state index contributed by atoms with van der Waals surface area (Å²) in [5, 5.41) is 10.2. The van der Waals surface area contributed by atoms with Crippen molar-refractivity contribution < 1.29 is 9.18 Å². The molecule has 19 heavy (non-hydrogen) atoms. The minimum atomic E-state index is -0.682. The van der Waals surface area contributed by atoms with E-state index in [-0.39, 0.29) is 5.69 Å². The van der Waals surface area contributed by atoms with Gasteiger partial charge in [0.2, 0.25) is 5.95 Å². The maximum Gasteiger partial charge on any atom is 0.274 e. The highest BCUT2D eigenvalue weighted by Crippen LogP contribution is 2.17. The van der Waals surface area contributed by atoms with Crippen LogP contribution in [0.4, 0.5) is 10.1 Å². The summed E-state index contributed by atoms with van der Waals surface area (Å²) in [6.07, 6.45) is 1.66. The van der Waals surface area contributed by atoms with Crippen LogP contribution in [0.1, 0.15) is 10.5 Å². The summed E-state index contributed by atoms with van der Waals surface area (Å²) >= 11 is 0. The molecule has 0 fully saturated rings. The van der Waals surface area contributed by atoms with Crippen LogP contribution < -0.4 is 5.32 Å². The molecule has 0 unspecified atom stereocenters. The van der Waals surface area contributed by atoms with Crippen LogP contribution in [-0.2, 0) is 0 Å². The van der Waals surface area contributed by atoms with E-state index in [4.69, 9.17) is 0 Å². The number of nitrogens with zero attached hydrogens (tertiary/aromatic N) is 2. The lowest BCUT2D eigenvalue weighted by Crippen LogP contribution is -2.14. The summed E-state index contributed by atoms with van der Waals surface area (Å²) in [6, 6.07) is 9.39. The molecule has 2 N–H and O–H groups in total. The van der Waals surface area contributed by atoms with E-state index in [2.05, 4.69) is 20.5 Å². The Morgan fingerprint density at radius 1 is 1.26 bits per heavy atom. The maximum atomic E-state index is 12.9. The Balaban J connectivity index is 1.86. The number of benzene rings is 1. The summed E-state index contributed by atoms with van der Waals surface area (Å²) in [7, 11) is 0. The van der Waals surface area contributed by atoms with Crippen molar-refractivity contribution in [2.45, 2.75) is 0 Å². The molecule has 0 radical (unpaired) electrons. The highest BCUT2D eigenvalue weighted by atomic mass is 19.1. The number of hydrogen-bond donors (Lipinski definition) is 2. The van der Waals surface area contributed by atoms with Crippen molar-refractivity contribution in [2.75, 3.05) is 5.32 Å². The van der Waals surface area contributed by atoms with Crippen molar-refractivity contribution in [1.29, 1.82) is 0 Å². The van der Waals surface area contributed by atoms with Gasteiger partial charge in [0, 0.05) is 11.1 Å². The van der Waals surface area contributed by atoms with Gasteiger partial charge >= 0.3 is 0 Å². The van der Waals surface area contributed by atoms with E-state index in [0.717, 1.165) is 10.9 Å². The van der Waals surface area contributed by atoms with Crippen molar-refractivity contribution in [1.82, 2.24) is 15.2 Å². The number of nitrogens with one attached hydrogen (secondary N) is 2. The number of carbonyl (C=O) groups is 1. The molecule has 94 valence electrons. The summed E-state index contributed by atoms with van der Waals surface area (Å²) < 4.78 is 12.9. The highest BCUT2D eigenvalue weighted by Gasteiger charge is 2.09. The first-order chi connectivity index (χ1) is 9.22. The zero-order chi connectivity index (χ0) is 13.2. The molecule has 5 nitrogen and oxygen atoms in total. The van der Waals surface area contributed by atoms with Gasteiger partial charge in [-0.3, -0.25) is 9.89 Å². The molecule has 6 heteroatoms. The number of aromatic nitrogens is 3. The standard InChI is InChI=1S/C13H9FN4O/c14-12-3-1-2-11(17-12)13(19)16-9-4-5-10-8(6-9)7-15-18-10/h1-7H,(H,15,18)(H,16,19). The molecule has 1 aromatic carbocycles. The van der Waals surface area contributed by atoms with Crippen LogP contribution in [0.25, 0.3) is 10.9 Å². The molecule has 2 heterocycles. The first-order valence-corrected chi connectivity index (χ1v) is 5.59. The molecule has 0 bridgehead atoms. The Morgan fingerprint density at radius 2 is 2.16 bits per heavy atom. The second kappa shape index (κ2) is 4.49. The van der Waals surface area contributed by atoms with E-state index < -0.39 is 11.9 Å². The Kier molecular flexibility index (Phi) is 2.68. The Morgan fingerprint density at radius 3 is 3.00 bits per heavy atom. The Hall–Kier alpha value is -2.76. The SMILES string of the molecule is O=C(Nc1ccc2[nH]ncc2c1)c1cccc(F)n1. The van der Waals surface area contributed by atoms with Gasteiger partial charge in [-0.2, -0.15) is 9.49 Å². The minimum absolute atomic E-state index is 0.0345. The molecule has 0 saturated carbocycles. The number of fused-ring (bicyclic) bond motifs is 1. The lowest BCUT2D eigenvalue weighted by atomic mass is 10.2. The summed E-state index contributed by atoms with van der Waals surface area (Å²) in [5.41, 5.74) is 1.51. The van der Waals surface area contributed by atoms with Gasteiger partial charge in [0.15, 0.2) is 0 Å². The second-order valence-electron chi connectivity index (χ2n) is 3.97. The van der Waals surface area contributed by atoms with Gasteiger partial charge in [0.1, 0.15) is 5.69 Å². The number of H-pyrrole nitrogens is 1. The average Bonchev–Trinajstić information content (AvgIpc) is 2.86. The van der Waals surface area contributed by atoms with E-state index in [9.17, 15) is 9.18 Å². The smallest absolute Gasteiger partial charge is 0.274 e. The van der Waals surface area contributed by atoms with Crippen molar-refractivity contribution in [3.05, 3.63) is 54.2 Å². The lowest BCUT2D eigenvalue weighted by Gasteiger charge is -2.04. The van der Waals surface area contributed by atoms with Gasteiger partial charge < -0.3 is 5.32 Å². The number of carbonyl (C=O) groups excluding carboxylic acids is 1. The number of amides is 1. The molecule has 3 aromatic rings. The molecule has 0 spiro atoms. The third-order valence-electron chi connectivity index (χ3n) is 2.65. The van der Waals surface area contributed by atoms with E-state index in [0.29, 0.717) is 5.69 Å². The number of hydrogen-bond acceptors (Lipinski definition) is 3. The van der Waals surface area contributed by atoms with Crippen LogP contribution in [0.3, 0.4) is 0 Å². The molecule has 3 rings (SSSR count). The Labute approximate surface area is 107 Å². The molecule has 2 aromatic heterocycles. The van der Waals surface area contributed by atoms with Crippen LogP contribution in [0.5, 0.6) is 0 Å². The van der Waals surface area contributed by atoms with Crippen molar-refractivity contribution in [3.8, 4) is 0 Å². The van der Waals surface area contributed by atoms with Crippen molar-refractivity contribution >= 4 is 22.5 Å². The van der Waals surface area contributed by atoms with Crippen LogP contribution in [0, 0.1) is 5.95 Å². The molecule has 0 saturated heterocycles. The molecular weight excluding hydrogens is 247 g/mol. The number of aromatic amines is 1. The fraction of sp³-hybridized carbons (Fsp3) is 0. The van der Waals surface area contributed by atoms with Crippen LogP contribution in [0.2, 0.25) is 0 Å². The van der Waals surface area contributed by atoms with Crippen LogP contribution in [0.15, 0.2) is 42.6 Å². The van der Waals surface area contributed by atoms with Crippen molar-refractivity contribution in [2.24, 2.45) is 0 Å². The number of pyridine rings is 1. The first-order valence-electron chi connectivity index (χ1n) is 5.59. The number of rotatable bonds is 2. The zero-order valence-corrected chi connectivity index (χ0v) is 9.72. The molecular formula is C13H9FN4O. The number of halogens is 1. The molecule has 1 amide bonds. The highest BCUT2D eigenvalue weighted by molar-refractivity contribution is 6.03. The lowest BCUT2D eigenvalue weighted by molar-refractivity contribution is 0.102. The summed E-state index contributed by atoms with van der Waals surface area (Å²) in [5.74, 6) is -1.14. The monoisotopic (exact) mass is 256 g/mol. The quantitative estimate of drug-likeness (QED) is 0.691. The molecule has 0 aliphatic heterocycles. The molecule has 0 aliphatic carbocycles. The van der Waals surface area contributed by atoms with Gasteiger partial charge in [-0.1, -0.05) is 6.07 Å².